The maximum Gasteiger partial charge on any atom is 0.261 e. The van der Waals surface area contributed by atoms with Crippen LogP contribution in [0.3, 0.4) is 0 Å². The molecule has 0 aliphatic rings. The molecule has 2 nitrogen and oxygen atoms in total. The van der Waals surface area contributed by atoms with Crippen LogP contribution in [0.2, 0.25) is 4.34 Å². The highest BCUT2D eigenvalue weighted by atomic mass is 35.5. The quantitative estimate of drug-likeness (QED) is 0.902. The zero-order valence-corrected chi connectivity index (χ0v) is 11.6. The lowest BCUT2D eigenvalue weighted by atomic mass is 10.0. The van der Waals surface area contributed by atoms with Crippen LogP contribution >= 0.6 is 22.9 Å². The molecule has 1 aromatic heterocycles. The van der Waals surface area contributed by atoms with Crippen molar-refractivity contribution in [2.24, 2.45) is 0 Å². The van der Waals surface area contributed by atoms with Gasteiger partial charge in [0.1, 0.15) is 0 Å². The van der Waals surface area contributed by atoms with Crippen LogP contribution in [0.25, 0.3) is 0 Å². The van der Waals surface area contributed by atoms with E-state index in [-0.39, 0.29) is 5.91 Å². The van der Waals surface area contributed by atoms with Gasteiger partial charge in [-0.3, -0.25) is 4.79 Å². The SMILES string of the molecule is CC(CNC(=O)c1ccc(Cl)s1)c1ccccc1. The number of hydrogen-bond acceptors (Lipinski definition) is 2. The van der Waals surface area contributed by atoms with Crippen LogP contribution in [0.5, 0.6) is 0 Å². The van der Waals surface area contributed by atoms with Crippen LogP contribution in [-0.2, 0) is 0 Å². The third kappa shape index (κ3) is 3.34. The molecule has 18 heavy (non-hydrogen) atoms. The second-order valence-electron chi connectivity index (χ2n) is 4.13. The van der Waals surface area contributed by atoms with Crippen molar-refractivity contribution in [1.82, 2.24) is 5.32 Å². The summed E-state index contributed by atoms with van der Waals surface area (Å²) in [6, 6.07) is 13.6. The summed E-state index contributed by atoms with van der Waals surface area (Å²) in [6.45, 7) is 2.72. The predicted octanol–water partition coefficient (Wildman–Crippen LogP) is 3.94. The van der Waals surface area contributed by atoms with Crippen molar-refractivity contribution < 1.29 is 4.79 Å². The lowest BCUT2D eigenvalue weighted by Crippen LogP contribution is -2.26. The van der Waals surface area contributed by atoms with Gasteiger partial charge in [-0.2, -0.15) is 0 Å². The number of rotatable bonds is 4. The summed E-state index contributed by atoms with van der Waals surface area (Å²) in [6.07, 6.45) is 0. The van der Waals surface area contributed by atoms with Gasteiger partial charge < -0.3 is 5.32 Å². The van der Waals surface area contributed by atoms with Crippen molar-refractivity contribution >= 4 is 28.8 Å². The highest BCUT2D eigenvalue weighted by molar-refractivity contribution is 7.17. The van der Waals surface area contributed by atoms with Gasteiger partial charge in [0.05, 0.1) is 9.21 Å². The lowest BCUT2D eigenvalue weighted by Gasteiger charge is -2.12. The fourth-order valence-corrected chi connectivity index (χ4v) is 2.63. The molecule has 1 aromatic carbocycles. The molecule has 0 fully saturated rings. The minimum absolute atomic E-state index is 0.0605. The number of carbonyl (C=O) groups excluding carboxylic acids is 1. The molecular formula is C14H14ClNOS. The minimum Gasteiger partial charge on any atom is -0.351 e. The number of carbonyl (C=O) groups is 1. The van der Waals surface area contributed by atoms with Crippen molar-refractivity contribution in [2.45, 2.75) is 12.8 Å². The summed E-state index contributed by atoms with van der Waals surface area (Å²) in [4.78, 5) is 12.5. The molecule has 1 amide bonds. The van der Waals surface area contributed by atoms with Crippen molar-refractivity contribution in [3.8, 4) is 0 Å². The highest BCUT2D eigenvalue weighted by Crippen LogP contribution is 2.21. The number of nitrogens with one attached hydrogen (secondary N) is 1. The number of amides is 1. The summed E-state index contributed by atoms with van der Waals surface area (Å²) >= 11 is 7.10. The van der Waals surface area contributed by atoms with E-state index in [1.165, 1.54) is 16.9 Å². The van der Waals surface area contributed by atoms with Gasteiger partial charge in [0, 0.05) is 6.54 Å². The maximum atomic E-state index is 11.8. The van der Waals surface area contributed by atoms with E-state index in [1.807, 2.05) is 18.2 Å². The topological polar surface area (TPSA) is 29.1 Å². The summed E-state index contributed by atoms with van der Waals surface area (Å²) < 4.78 is 0.635. The Morgan fingerprint density at radius 3 is 2.61 bits per heavy atom. The molecule has 2 aromatic rings. The molecule has 0 radical (unpaired) electrons. The Morgan fingerprint density at radius 2 is 2.00 bits per heavy atom. The van der Waals surface area contributed by atoms with Gasteiger partial charge >= 0.3 is 0 Å². The summed E-state index contributed by atoms with van der Waals surface area (Å²) in [5.74, 6) is 0.236. The van der Waals surface area contributed by atoms with E-state index in [9.17, 15) is 4.79 Å². The molecule has 94 valence electrons. The molecular weight excluding hydrogens is 266 g/mol. The molecule has 0 aliphatic carbocycles. The maximum absolute atomic E-state index is 11.8. The van der Waals surface area contributed by atoms with Gasteiger partial charge in [-0.1, -0.05) is 48.9 Å². The molecule has 0 bridgehead atoms. The monoisotopic (exact) mass is 279 g/mol. The van der Waals surface area contributed by atoms with Gasteiger partial charge in [0.15, 0.2) is 0 Å². The van der Waals surface area contributed by atoms with E-state index in [1.54, 1.807) is 12.1 Å². The van der Waals surface area contributed by atoms with Gasteiger partial charge in [-0.25, -0.2) is 0 Å². The van der Waals surface area contributed by atoms with E-state index in [4.69, 9.17) is 11.6 Å². The van der Waals surface area contributed by atoms with E-state index >= 15 is 0 Å². The van der Waals surface area contributed by atoms with Crippen LogP contribution in [0, 0.1) is 0 Å². The molecule has 2 rings (SSSR count). The Kier molecular flexibility index (Phi) is 4.39. The third-order valence-electron chi connectivity index (χ3n) is 2.73. The van der Waals surface area contributed by atoms with Crippen LogP contribution in [0.1, 0.15) is 28.1 Å². The van der Waals surface area contributed by atoms with Gasteiger partial charge in [-0.05, 0) is 23.6 Å². The molecule has 0 aliphatic heterocycles. The predicted molar refractivity (Wildman–Crippen MR) is 76.5 cm³/mol. The Morgan fingerprint density at radius 1 is 1.28 bits per heavy atom. The molecule has 0 spiro atoms. The second-order valence-corrected chi connectivity index (χ2v) is 5.84. The van der Waals surface area contributed by atoms with Crippen molar-refractivity contribution in [3.05, 3.63) is 57.2 Å². The first kappa shape index (κ1) is 13.1. The Labute approximate surface area is 116 Å². The fraction of sp³-hybridized carbons (Fsp3) is 0.214. The number of benzene rings is 1. The molecule has 0 saturated carbocycles. The zero-order valence-electron chi connectivity index (χ0n) is 10.0. The largest absolute Gasteiger partial charge is 0.351 e. The van der Waals surface area contributed by atoms with E-state index in [0.717, 1.165) is 0 Å². The summed E-state index contributed by atoms with van der Waals surface area (Å²) in [5.41, 5.74) is 1.22. The van der Waals surface area contributed by atoms with Crippen molar-refractivity contribution in [2.75, 3.05) is 6.54 Å². The summed E-state index contributed by atoms with van der Waals surface area (Å²) in [7, 11) is 0. The number of hydrogen-bond donors (Lipinski definition) is 1. The molecule has 4 heteroatoms. The van der Waals surface area contributed by atoms with E-state index < -0.39 is 0 Å². The van der Waals surface area contributed by atoms with Gasteiger partial charge in [0.25, 0.3) is 5.91 Å². The highest BCUT2D eigenvalue weighted by Gasteiger charge is 2.10. The smallest absolute Gasteiger partial charge is 0.261 e. The molecule has 1 heterocycles. The standard InChI is InChI=1S/C14H14ClNOS/c1-10(11-5-3-2-4-6-11)9-16-14(17)12-7-8-13(15)18-12/h2-8,10H,9H2,1H3,(H,16,17). The molecule has 1 unspecified atom stereocenters. The summed E-state index contributed by atoms with van der Waals surface area (Å²) in [5, 5.41) is 2.92. The first-order valence-electron chi connectivity index (χ1n) is 5.75. The fourth-order valence-electron chi connectivity index (χ4n) is 1.67. The number of thiophene rings is 1. The Bertz CT molecular complexity index is 524. The van der Waals surface area contributed by atoms with Crippen LogP contribution in [-0.4, -0.2) is 12.5 Å². The Balaban J connectivity index is 1.90. The first-order chi connectivity index (χ1) is 8.66. The minimum atomic E-state index is -0.0605. The van der Waals surface area contributed by atoms with E-state index in [0.29, 0.717) is 21.7 Å². The number of halogens is 1. The van der Waals surface area contributed by atoms with Crippen molar-refractivity contribution in [1.29, 1.82) is 0 Å². The van der Waals surface area contributed by atoms with Gasteiger partial charge in [-0.15, -0.1) is 11.3 Å². The van der Waals surface area contributed by atoms with Crippen molar-refractivity contribution in [3.63, 3.8) is 0 Å². The third-order valence-corrected chi connectivity index (χ3v) is 3.96. The molecule has 0 saturated heterocycles. The normalized spacial score (nSPS) is 12.1. The van der Waals surface area contributed by atoms with Crippen LogP contribution in [0.15, 0.2) is 42.5 Å². The molecule has 1 atom stereocenters. The van der Waals surface area contributed by atoms with E-state index in [2.05, 4.69) is 24.4 Å². The average Bonchev–Trinajstić information content (AvgIpc) is 2.83. The van der Waals surface area contributed by atoms with Crippen LogP contribution in [0.4, 0.5) is 0 Å². The zero-order chi connectivity index (χ0) is 13.0. The Hall–Kier alpha value is -1.32. The lowest BCUT2D eigenvalue weighted by molar-refractivity contribution is 0.0955. The van der Waals surface area contributed by atoms with Crippen LogP contribution < -0.4 is 5.32 Å². The first-order valence-corrected chi connectivity index (χ1v) is 6.95. The van der Waals surface area contributed by atoms with Gasteiger partial charge in [0.2, 0.25) is 0 Å². The second kappa shape index (κ2) is 6.03. The molecule has 1 N–H and O–H groups in total. The average molecular weight is 280 g/mol.